The molecule has 0 fully saturated rings. The van der Waals surface area contributed by atoms with E-state index in [1.807, 2.05) is 0 Å². The number of hydrogen-bond acceptors (Lipinski definition) is 1. The van der Waals surface area contributed by atoms with Crippen LogP contribution in [0.1, 0.15) is 11.1 Å². The van der Waals surface area contributed by atoms with Crippen molar-refractivity contribution in [2.45, 2.75) is 12.6 Å². The molecule has 0 N–H and O–H groups in total. The first-order valence-electron chi connectivity index (χ1n) is 4.47. The van der Waals surface area contributed by atoms with Crippen LogP contribution < -0.4 is 4.90 Å². The summed E-state index contributed by atoms with van der Waals surface area (Å²) >= 11 is 2.88. The third-order valence-corrected chi connectivity index (χ3v) is 3.21. The summed E-state index contributed by atoms with van der Waals surface area (Å²) in [7, 11) is 1.47. The second-order valence-corrected chi connectivity index (χ2v) is 4.44. The Morgan fingerprint density at radius 1 is 1.38 bits per heavy atom. The quantitative estimate of drug-likeness (QED) is 0.720. The molecule has 1 heterocycles. The number of likely N-dealkylation sites (N-methyl/N-ethyl adjacent to an activating group) is 1. The van der Waals surface area contributed by atoms with E-state index < -0.39 is 11.7 Å². The number of halogens is 4. The number of benzene rings is 1. The normalized spacial score (nSPS) is 15.6. The Hall–Kier alpha value is -1.04. The molecule has 0 saturated carbocycles. The van der Waals surface area contributed by atoms with Crippen molar-refractivity contribution in [1.82, 2.24) is 0 Å². The molecule has 1 aromatic rings. The summed E-state index contributed by atoms with van der Waals surface area (Å²) in [4.78, 5) is 12.6. The molecule has 1 aliphatic rings. The molecule has 0 radical (unpaired) electrons. The SMILES string of the molecule is CN1C(=O)Cc2cc(Br)c(C(F)(F)F)cc21. The van der Waals surface area contributed by atoms with Gasteiger partial charge in [0.25, 0.3) is 0 Å². The highest BCUT2D eigenvalue weighted by Gasteiger charge is 2.36. The largest absolute Gasteiger partial charge is 0.417 e. The fourth-order valence-electron chi connectivity index (χ4n) is 1.69. The molecule has 0 saturated heterocycles. The minimum atomic E-state index is -4.42. The van der Waals surface area contributed by atoms with Crippen molar-refractivity contribution in [1.29, 1.82) is 0 Å². The van der Waals surface area contributed by atoms with Crippen molar-refractivity contribution in [2.75, 3.05) is 11.9 Å². The van der Waals surface area contributed by atoms with Crippen molar-refractivity contribution < 1.29 is 18.0 Å². The van der Waals surface area contributed by atoms with Crippen molar-refractivity contribution in [2.24, 2.45) is 0 Å². The van der Waals surface area contributed by atoms with Crippen molar-refractivity contribution in [3.63, 3.8) is 0 Å². The van der Waals surface area contributed by atoms with Gasteiger partial charge in [-0.15, -0.1) is 0 Å². The smallest absolute Gasteiger partial charge is 0.315 e. The van der Waals surface area contributed by atoms with E-state index in [-0.39, 0.29) is 16.8 Å². The van der Waals surface area contributed by atoms with Gasteiger partial charge in [-0.05, 0) is 17.7 Å². The lowest BCUT2D eigenvalue weighted by Gasteiger charge is -2.14. The number of carbonyl (C=O) groups is 1. The van der Waals surface area contributed by atoms with Crippen LogP contribution in [0.4, 0.5) is 18.9 Å². The molecule has 0 unspecified atom stereocenters. The lowest BCUT2D eigenvalue weighted by Crippen LogP contribution is -2.21. The van der Waals surface area contributed by atoms with Crippen LogP contribution in [0.3, 0.4) is 0 Å². The molecular formula is C10H7BrF3NO. The predicted molar refractivity (Wildman–Crippen MR) is 56.3 cm³/mol. The maximum absolute atomic E-state index is 12.6. The van der Waals surface area contributed by atoms with E-state index in [9.17, 15) is 18.0 Å². The fourth-order valence-corrected chi connectivity index (χ4v) is 2.31. The second-order valence-electron chi connectivity index (χ2n) is 3.59. The van der Waals surface area contributed by atoms with E-state index in [0.29, 0.717) is 11.3 Å². The second kappa shape index (κ2) is 3.48. The van der Waals surface area contributed by atoms with E-state index >= 15 is 0 Å². The molecule has 16 heavy (non-hydrogen) atoms. The van der Waals surface area contributed by atoms with E-state index in [1.165, 1.54) is 18.0 Å². The fraction of sp³-hybridized carbons (Fsp3) is 0.300. The van der Waals surface area contributed by atoms with Crippen molar-refractivity contribution >= 4 is 27.5 Å². The Kier molecular flexibility index (Phi) is 2.49. The minimum Gasteiger partial charge on any atom is -0.315 e. The number of alkyl halides is 3. The van der Waals surface area contributed by atoms with Crippen LogP contribution in [0.15, 0.2) is 16.6 Å². The van der Waals surface area contributed by atoms with Gasteiger partial charge in [0, 0.05) is 17.2 Å². The molecule has 2 rings (SSSR count). The van der Waals surface area contributed by atoms with Crippen LogP contribution in [0.2, 0.25) is 0 Å². The van der Waals surface area contributed by atoms with Crippen LogP contribution in [-0.2, 0) is 17.4 Å². The molecule has 6 heteroatoms. The summed E-state index contributed by atoms with van der Waals surface area (Å²) in [6.45, 7) is 0. The summed E-state index contributed by atoms with van der Waals surface area (Å²) in [5, 5.41) is 0. The van der Waals surface area contributed by atoms with Gasteiger partial charge in [0.15, 0.2) is 0 Å². The van der Waals surface area contributed by atoms with E-state index in [2.05, 4.69) is 15.9 Å². The Bertz CT molecular complexity index is 470. The first-order valence-corrected chi connectivity index (χ1v) is 5.26. The molecule has 0 aliphatic carbocycles. The molecule has 0 bridgehead atoms. The van der Waals surface area contributed by atoms with Gasteiger partial charge in [-0.1, -0.05) is 15.9 Å². The van der Waals surface area contributed by atoms with E-state index in [0.717, 1.165) is 6.07 Å². The van der Waals surface area contributed by atoms with Crippen LogP contribution in [-0.4, -0.2) is 13.0 Å². The third-order valence-electron chi connectivity index (χ3n) is 2.55. The van der Waals surface area contributed by atoms with Gasteiger partial charge >= 0.3 is 6.18 Å². The Labute approximate surface area is 98.2 Å². The van der Waals surface area contributed by atoms with Crippen LogP contribution in [0.5, 0.6) is 0 Å². The van der Waals surface area contributed by atoms with Gasteiger partial charge in [-0.25, -0.2) is 0 Å². The summed E-state index contributed by atoms with van der Waals surface area (Å²) in [6, 6.07) is 2.36. The molecule has 1 amide bonds. The number of hydrogen-bond donors (Lipinski definition) is 0. The van der Waals surface area contributed by atoms with Crippen molar-refractivity contribution in [3.05, 3.63) is 27.7 Å². The van der Waals surface area contributed by atoms with Crippen molar-refractivity contribution in [3.8, 4) is 0 Å². The molecule has 0 atom stereocenters. The molecule has 1 aliphatic heterocycles. The highest BCUT2D eigenvalue weighted by Crippen LogP contribution is 2.40. The summed E-state index contributed by atoms with van der Waals surface area (Å²) in [6.07, 6.45) is -4.26. The maximum atomic E-state index is 12.6. The lowest BCUT2D eigenvalue weighted by molar-refractivity contribution is -0.138. The van der Waals surface area contributed by atoms with Gasteiger partial charge < -0.3 is 4.90 Å². The van der Waals surface area contributed by atoms with Gasteiger partial charge in [-0.2, -0.15) is 13.2 Å². The molecule has 1 aromatic carbocycles. The van der Waals surface area contributed by atoms with Gasteiger partial charge in [0.1, 0.15) is 0 Å². The summed E-state index contributed by atoms with van der Waals surface area (Å²) < 4.78 is 37.8. The lowest BCUT2D eigenvalue weighted by atomic mass is 10.1. The maximum Gasteiger partial charge on any atom is 0.417 e. The van der Waals surface area contributed by atoms with Gasteiger partial charge in [-0.3, -0.25) is 4.79 Å². The first kappa shape index (κ1) is 11.4. The topological polar surface area (TPSA) is 20.3 Å². The first-order chi connectivity index (χ1) is 7.30. The number of anilines is 1. The number of fused-ring (bicyclic) bond motifs is 1. The molecular weight excluding hydrogens is 287 g/mol. The Balaban J connectivity index is 2.59. The Morgan fingerprint density at radius 3 is 2.56 bits per heavy atom. The number of nitrogens with zero attached hydrogens (tertiary/aromatic N) is 1. The zero-order chi connectivity index (χ0) is 12.1. The van der Waals surface area contributed by atoms with E-state index in [4.69, 9.17) is 0 Å². The van der Waals surface area contributed by atoms with Crippen LogP contribution >= 0.6 is 15.9 Å². The van der Waals surface area contributed by atoms with Gasteiger partial charge in [0.05, 0.1) is 12.0 Å². The molecule has 86 valence electrons. The average Bonchev–Trinajstić information content (AvgIpc) is 2.39. The molecule has 0 spiro atoms. The zero-order valence-electron chi connectivity index (χ0n) is 8.23. The predicted octanol–water partition coefficient (Wildman–Crippen LogP) is 2.99. The highest BCUT2D eigenvalue weighted by atomic mass is 79.9. The number of rotatable bonds is 0. The third kappa shape index (κ3) is 1.71. The van der Waals surface area contributed by atoms with Crippen LogP contribution in [0.25, 0.3) is 0 Å². The number of amides is 1. The highest BCUT2D eigenvalue weighted by molar-refractivity contribution is 9.10. The van der Waals surface area contributed by atoms with Crippen LogP contribution in [0, 0.1) is 0 Å². The van der Waals surface area contributed by atoms with Gasteiger partial charge in [0.2, 0.25) is 5.91 Å². The molecule has 2 nitrogen and oxygen atoms in total. The Morgan fingerprint density at radius 2 is 2.00 bits per heavy atom. The standard InChI is InChI=1S/C10H7BrF3NO/c1-15-8-4-6(10(12,13)14)7(11)2-5(8)3-9(15)16/h2,4H,3H2,1H3. The monoisotopic (exact) mass is 293 g/mol. The zero-order valence-corrected chi connectivity index (χ0v) is 9.82. The molecule has 0 aromatic heterocycles. The average molecular weight is 294 g/mol. The number of carbonyl (C=O) groups excluding carboxylic acids is 1. The minimum absolute atomic E-state index is 0.0261. The van der Waals surface area contributed by atoms with E-state index in [1.54, 1.807) is 0 Å². The summed E-state index contributed by atoms with van der Waals surface area (Å²) in [5.41, 5.74) is 0.195. The summed E-state index contributed by atoms with van der Waals surface area (Å²) in [5.74, 6) is -0.193.